The van der Waals surface area contributed by atoms with E-state index >= 15 is 0 Å². The highest BCUT2D eigenvalue weighted by Gasteiger charge is 2.24. The summed E-state index contributed by atoms with van der Waals surface area (Å²) in [6.07, 6.45) is 3.28. The van der Waals surface area contributed by atoms with Crippen molar-refractivity contribution in [2.24, 2.45) is 5.92 Å². The van der Waals surface area contributed by atoms with Gasteiger partial charge in [0.1, 0.15) is 5.75 Å². The number of benzene rings is 1. The summed E-state index contributed by atoms with van der Waals surface area (Å²) in [5.41, 5.74) is 0.807. The maximum absolute atomic E-state index is 12.0. The highest BCUT2D eigenvalue weighted by Crippen LogP contribution is 2.31. The normalized spacial score (nSPS) is 16.0. The van der Waals surface area contributed by atoms with E-state index in [1.165, 1.54) is 12.8 Å². The van der Waals surface area contributed by atoms with E-state index in [0.29, 0.717) is 26.1 Å². The number of ether oxygens (including phenoxy) is 1. The molecule has 2 aliphatic rings. The lowest BCUT2D eigenvalue weighted by Gasteiger charge is -2.29. The van der Waals surface area contributed by atoms with Crippen molar-refractivity contribution in [2.75, 3.05) is 37.7 Å². The molecule has 0 radical (unpaired) electrons. The van der Waals surface area contributed by atoms with Crippen molar-refractivity contribution in [2.45, 2.75) is 19.3 Å². The van der Waals surface area contributed by atoms with Gasteiger partial charge in [-0.05, 0) is 43.9 Å². The van der Waals surface area contributed by atoms with E-state index in [4.69, 9.17) is 4.74 Å². The van der Waals surface area contributed by atoms with E-state index in [2.05, 4.69) is 10.6 Å². The quantitative estimate of drug-likeness (QED) is 0.692. The standard InChI is InChI=1S/C17H23N3O3.ClH/c21-16(11-18-10-13-6-7-13)19-8-3-9-20-14-4-1-2-5-15(14)23-12-17(20)22;/h1-2,4-5,13,18H,3,6-12H2,(H,19,21);1H. The molecule has 0 aromatic heterocycles. The first kappa shape index (κ1) is 18.5. The topological polar surface area (TPSA) is 70.7 Å². The van der Waals surface area contributed by atoms with Crippen LogP contribution in [0.1, 0.15) is 19.3 Å². The molecule has 3 rings (SSSR count). The molecule has 0 atom stereocenters. The van der Waals surface area contributed by atoms with Gasteiger partial charge in [0, 0.05) is 13.1 Å². The molecule has 1 aromatic carbocycles. The number of hydrogen-bond donors (Lipinski definition) is 2. The zero-order valence-electron chi connectivity index (χ0n) is 13.6. The smallest absolute Gasteiger partial charge is 0.265 e. The number of anilines is 1. The third-order valence-corrected chi connectivity index (χ3v) is 4.10. The first-order valence-corrected chi connectivity index (χ1v) is 8.23. The van der Waals surface area contributed by atoms with Crippen molar-refractivity contribution < 1.29 is 14.3 Å². The molecule has 1 saturated carbocycles. The molecule has 7 heteroatoms. The van der Waals surface area contributed by atoms with Gasteiger partial charge in [0.05, 0.1) is 12.2 Å². The molecule has 0 unspecified atom stereocenters. The van der Waals surface area contributed by atoms with Gasteiger partial charge in [-0.3, -0.25) is 9.59 Å². The monoisotopic (exact) mass is 353 g/mol. The van der Waals surface area contributed by atoms with Crippen LogP contribution in [0, 0.1) is 5.92 Å². The fourth-order valence-electron chi connectivity index (χ4n) is 2.64. The molecule has 2 N–H and O–H groups in total. The van der Waals surface area contributed by atoms with Gasteiger partial charge in [-0.2, -0.15) is 0 Å². The Morgan fingerprint density at radius 3 is 2.88 bits per heavy atom. The van der Waals surface area contributed by atoms with Crippen LogP contribution < -0.4 is 20.3 Å². The van der Waals surface area contributed by atoms with Gasteiger partial charge in [0.15, 0.2) is 6.61 Å². The molecule has 24 heavy (non-hydrogen) atoms. The minimum Gasteiger partial charge on any atom is -0.482 e. The van der Waals surface area contributed by atoms with Crippen LogP contribution in [0.4, 0.5) is 5.69 Å². The number of carbonyl (C=O) groups excluding carboxylic acids is 2. The zero-order chi connectivity index (χ0) is 16.1. The number of para-hydroxylation sites is 2. The second-order valence-electron chi connectivity index (χ2n) is 6.08. The third kappa shape index (κ3) is 5.11. The van der Waals surface area contributed by atoms with E-state index in [9.17, 15) is 9.59 Å². The predicted molar refractivity (Wildman–Crippen MR) is 94.8 cm³/mol. The fourth-order valence-corrected chi connectivity index (χ4v) is 2.64. The van der Waals surface area contributed by atoms with Crippen LogP contribution >= 0.6 is 12.4 Å². The summed E-state index contributed by atoms with van der Waals surface area (Å²) >= 11 is 0. The number of amides is 2. The Bertz CT molecular complexity index is 578. The summed E-state index contributed by atoms with van der Waals surface area (Å²) in [5, 5.41) is 6.05. The maximum Gasteiger partial charge on any atom is 0.265 e. The van der Waals surface area contributed by atoms with Crippen LogP contribution in [0.2, 0.25) is 0 Å². The number of nitrogens with zero attached hydrogens (tertiary/aromatic N) is 1. The largest absolute Gasteiger partial charge is 0.482 e. The molecule has 6 nitrogen and oxygen atoms in total. The van der Waals surface area contributed by atoms with Crippen molar-refractivity contribution in [3.8, 4) is 5.75 Å². The van der Waals surface area contributed by atoms with Crippen LogP contribution in [0.3, 0.4) is 0 Å². The lowest BCUT2D eigenvalue weighted by molar-refractivity contribution is -0.121. The maximum atomic E-state index is 12.0. The Balaban J connectivity index is 0.00000208. The summed E-state index contributed by atoms with van der Waals surface area (Å²) in [6, 6.07) is 7.53. The van der Waals surface area contributed by atoms with Gasteiger partial charge >= 0.3 is 0 Å². The van der Waals surface area contributed by atoms with E-state index in [0.717, 1.165) is 23.9 Å². The minimum atomic E-state index is -0.0406. The average molecular weight is 354 g/mol. The Kier molecular flexibility index (Phi) is 6.87. The summed E-state index contributed by atoms with van der Waals surface area (Å²) in [5.74, 6) is 1.48. The van der Waals surface area contributed by atoms with Crippen LogP contribution in [-0.2, 0) is 9.59 Å². The lowest BCUT2D eigenvalue weighted by atomic mass is 10.2. The Hall–Kier alpha value is -1.79. The van der Waals surface area contributed by atoms with Crippen molar-refractivity contribution in [3.63, 3.8) is 0 Å². The van der Waals surface area contributed by atoms with Crippen molar-refractivity contribution in [3.05, 3.63) is 24.3 Å². The summed E-state index contributed by atoms with van der Waals surface area (Å²) in [4.78, 5) is 25.4. The summed E-state index contributed by atoms with van der Waals surface area (Å²) < 4.78 is 5.41. The number of fused-ring (bicyclic) bond motifs is 1. The molecule has 1 heterocycles. The van der Waals surface area contributed by atoms with E-state index in [1.807, 2.05) is 24.3 Å². The van der Waals surface area contributed by atoms with Crippen LogP contribution in [0.15, 0.2) is 24.3 Å². The van der Waals surface area contributed by atoms with E-state index in [1.54, 1.807) is 4.90 Å². The van der Waals surface area contributed by atoms with Crippen molar-refractivity contribution in [1.82, 2.24) is 10.6 Å². The Morgan fingerprint density at radius 1 is 1.29 bits per heavy atom. The average Bonchev–Trinajstić information content (AvgIpc) is 3.37. The second-order valence-corrected chi connectivity index (χ2v) is 6.08. The molecule has 132 valence electrons. The predicted octanol–water partition coefficient (Wildman–Crippen LogP) is 1.34. The summed E-state index contributed by atoms with van der Waals surface area (Å²) in [6.45, 7) is 2.53. The van der Waals surface area contributed by atoms with Crippen molar-refractivity contribution in [1.29, 1.82) is 0 Å². The van der Waals surface area contributed by atoms with Gasteiger partial charge in [0.2, 0.25) is 5.91 Å². The van der Waals surface area contributed by atoms with Crippen molar-refractivity contribution >= 4 is 29.9 Å². The minimum absolute atomic E-state index is 0. The number of hydrogen-bond acceptors (Lipinski definition) is 4. The first-order chi connectivity index (χ1) is 11.2. The van der Waals surface area contributed by atoms with Crippen LogP contribution in [0.5, 0.6) is 5.75 Å². The van der Waals surface area contributed by atoms with Gasteiger partial charge in [-0.25, -0.2) is 0 Å². The number of halogens is 1. The fraction of sp³-hybridized carbons (Fsp3) is 0.529. The first-order valence-electron chi connectivity index (χ1n) is 8.23. The molecule has 1 aliphatic carbocycles. The zero-order valence-corrected chi connectivity index (χ0v) is 14.4. The highest BCUT2D eigenvalue weighted by atomic mass is 35.5. The molecule has 0 saturated heterocycles. The Labute approximate surface area is 148 Å². The molecular weight excluding hydrogens is 330 g/mol. The van der Waals surface area contributed by atoms with Gasteiger partial charge < -0.3 is 20.3 Å². The second kappa shape index (κ2) is 8.89. The van der Waals surface area contributed by atoms with Crippen LogP contribution in [-0.4, -0.2) is 44.6 Å². The lowest BCUT2D eigenvalue weighted by Crippen LogP contribution is -2.41. The molecular formula is C17H24ClN3O3. The van der Waals surface area contributed by atoms with Crippen LogP contribution in [0.25, 0.3) is 0 Å². The SMILES string of the molecule is Cl.O=C(CNCC1CC1)NCCCN1C(=O)COc2ccccc21. The molecule has 2 amide bonds. The van der Waals surface area contributed by atoms with Gasteiger partial charge in [-0.1, -0.05) is 12.1 Å². The van der Waals surface area contributed by atoms with E-state index < -0.39 is 0 Å². The molecule has 1 fully saturated rings. The van der Waals surface area contributed by atoms with E-state index in [-0.39, 0.29) is 30.8 Å². The third-order valence-electron chi connectivity index (χ3n) is 4.10. The number of rotatable bonds is 8. The number of carbonyl (C=O) groups is 2. The Morgan fingerprint density at radius 2 is 2.08 bits per heavy atom. The highest BCUT2D eigenvalue weighted by molar-refractivity contribution is 5.97. The summed E-state index contributed by atoms with van der Waals surface area (Å²) in [7, 11) is 0. The molecule has 0 bridgehead atoms. The van der Waals surface area contributed by atoms with Gasteiger partial charge in [0.25, 0.3) is 5.91 Å². The molecule has 1 aliphatic heterocycles. The number of nitrogens with one attached hydrogen (secondary N) is 2. The molecule has 0 spiro atoms. The molecule has 1 aromatic rings. The van der Waals surface area contributed by atoms with Gasteiger partial charge in [-0.15, -0.1) is 12.4 Å².